The summed E-state index contributed by atoms with van der Waals surface area (Å²) in [7, 11) is 1.68. The van der Waals surface area contributed by atoms with Gasteiger partial charge in [-0.25, -0.2) is 9.67 Å². The topological polar surface area (TPSA) is 60.7 Å². The Hall–Kier alpha value is -1.08. The maximum atomic E-state index is 12.0. The van der Waals surface area contributed by atoms with Gasteiger partial charge in [-0.15, -0.1) is 16.4 Å². The van der Waals surface area contributed by atoms with E-state index < -0.39 is 0 Å². The van der Waals surface area contributed by atoms with E-state index in [1.165, 1.54) is 16.0 Å². The molecule has 0 aliphatic heterocycles. The van der Waals surface area contributed by atoms with E-state index >= 15 is 0 Å². The monoisotopic (exact) mass is 286 g/mol. The van der Waals surface area contributed by atoms with Crippen LogP contribution in [0, 0.1) is 6.92 Å². The molecule has 2 aromatic rings. The number of hydrogen-bond donors (Lipinski definition) is 0. The number of hydrogen-bond acceptors (Lipinski definition) is 5. The Balaban J connectivity index is 2.45. The van der Waals surface area contributed by atoms with Crippen molar-refractivity contribution < 1.29 is 4.79 Å². The van der Waals surface area contributed by atoms with E-state index in [-0.39, 0.29) is 5.78 Å². The number of carbonyl (C=O) groups is 1. The van der Waals surface area contributed by atoms with E-state index in [4.69, 9.17) is 0 Å². The number of carbonyl (C=O) groups excluding carboxylic acids is 1. The molecule has 0 aromatic carbocycles. The molecule has 0 fully saturated rings. The molecular formula is C8H7BrN4OS. The zero-order chi connectivity index (χ0) is 11.0. The molecule has 7 heteroatoms. The van der Waals surface area contributed by atoms with Crippen molar-refractivity contribution in [2.45, 2.75) is 6.92 Å². The van der Waals surface area contributed by atoms with Gasteiger partial charge in [0.15, 0.2) is 4.60 Å². The third kappa shape index (κ3) is 1.84. The Morgan fingerprint density at radius 1 is 1.60 bits per heavy atom. The van der Waals surface area contributed by atoms with Crippen LogP contribution in [0.5, 0.6) is 0 Å². The molecule has 2 rings (SSSR count). The highest BCUT2D eigenvalue weighted by molar-refractivity contribution is 9.10. The highest BCUT2D eigenvalue weighted by Crippen LogP contribution is 2.20. The number of halogens is 1. The van der Waals surface area contributed by atoms with Crippen LogP contribution in [-0.2, 0) is 7.05 Å². The molecule has 0 saturated carbocycles. The molecule has 2 aromatic heterocycles. The van der Waals surface area contributed by atoms with Crippen molar-refractivity contribution in [3.63, 3.8) is 0 Å². The Kier molecular flexibility index (Phi) is 2.66. The molecule has 5 nitrogen and oxygen atoms in total. The summed E-state index contributed by atoms with van der Waals surface area (Å²) in [5.41, 5.74) is 0.443. The minimum absolute atomic E-state index is 0.111. The molecule has 2 heterocycles. The van der Waals surface area contributed by atoms with Gasteiger partial charge in [-0.2, -0.15) is 0 Å². The molecule has 0 unspecified atom stereocenters. The fourth-order valence-electron chi connectivity index (χ4n) is 1.16. The first-order valence-corrected chi connectivity index (χ1v) is 5.73. The molecule has 78 valence electrons. The molecule has 0 N–H and O–H groups in total. The third-order valence-corrected chi connectivity index (χ3v) is 3.29. The quantitative estimate of drug-likeness (QED) is 0.787. The Morgan fingerprint density at radius 2 is 2.33 bits per heavy atom. The second kappa shape index (κ2) is 3.82. The number of thiazole rings is 1. The van der Waals surface area contributed by atoms with Crippen LogP contribution in [0.4, 0.5) is 0 Å². The van der Waals surface area contributed by atoms with Gasteiger partial charge in [-0.3, -0.25) is 4.79 Å². The zero-order valence-corrected chi connectivity index (χ0v) is 10.5. The molecule has 0 atom stereocenters. The van der Waals surface area contributed by atoms with Crippen LogP contribution in [0.2, 0.25) is 0 Å². The van der Waals surface area contributed by atoms with Crippen LogP contribution >= 0.6 is 27.3 Å². The van der Waals surface area contributed by atoms with E-state index in [9.17, 15) is 4.79 Å². The molecule has 0 bridgehead atoms. The number of rotatable bonds is 2. The van der Waals surface area contributed by atoms with Gasteiger partial charge in [0.05, 0.1) is 9.88 Å². The smallest absolute Gasteiger partial charge is 0.225 e. The van der Waals surface area contributed by atoms with Crippen LogP contribution in [0.25, 0.3) is 0 Å². The summed E-state index contributed by atoms with van der Waals surface area (Å²) in [6, 6.07) is 0. The summed E-state index contributed by atoms with van der Waals surface area (Å²) in [6.07, 6.45) is 1.57. The lowest BCUT2D eigenvalue weighted by molar-refractivity contribution is 0.103. The minimum atomic E-state index is -0.111. The molecule has 0 amide bonds. The van der Waals surface area contributed by atoms with Crippen LogP contribution < -0.4 is 0 Å². The fourth-order valence-corrected chi connectivity index (χ4v) is 2.38. The van der Waals surface area contributed by atoms with Crippen molar-refractivity contribution in [1.29, 1.82) is 0 Å². The Bertz CT molecular complexity index is 499. The average molecular weight is 287 g/mol. The summed E-state index contributed by atoms with van der Waals surface area (Å²) in [5.74, 6) is -0.111. The van der Waals surface area contributed by atoms with Crippen molar-refractivity contribution >= 4 is 33.0 Å². The first-order chi connectivity index (χ1) is 7.09. The van der Waals surface area contributed by atoms with Crippen LogP contribution in [0.3, 0.4) is 0 Å². The van der Waals surface area contributed by atoms with Crippen molar-refractivity contribution in [2.75, 3.05) is 0 Å². The van der Waals surface area contributed by atoms with E-state index in [1.54, 1.807) is 13.2 Å². The maximum Gasteiger partial charge on any atom is 0.225 e. The molecule has 0 aliphatic carbocycles. The summed E-state index contributed by atoms with van der Waals surface area (Å²) < 4.78 is 1.91. The Labute approximate surface area is 98.3 Å². The van der Waals surface area contributed by atoms with Gasteiger partial charge < -0.3 is 0 Å². The summed E-state index contributed by atoms with van der Waals surface area (Å²) >= 11 is 4.55. The Morgan fingerprint density at radius 3 is 2.80 bits per heavy atom. The lowest BCUT2D eigenvalue weighted by Crippen LogP contribution is -2.07. The van der Waals surface area contributed by atoms with Gasteiger partial charge in [-0.05, 0) is 22.9 Å². The molecule has 0 aliphatic rings. The van der Waals surface area contributed by atoms with Crippen molar-refractivity contribution in [1.82, 2.24) is 20.0 Å². The van der Waals surface area contributed by atoms with Gasteiger partial charge in [0, 0.05) is 13.2 Å². The fraction of sp³-hybridized carbons (Fsp3) is 0.250. The summed E-state index contributed by atoms with van der Waals surface area (Å²) in [5, 5.41) is 8.38. The van der Waals surface area contributed by atoms with Crippen LogP contribution in [0.15, 0.2) is 10.8 Å². The van der Waals surface area contributed by atoms with E-state index in [1.807, 2.05) is 6.92 Å². The van der Waals surface area contributed by atoms with Gasteiger partial charge in [-0.1, -0.05) is 5.21 Å². The second-order valence-electron chi connectivity index (χ2n) is 2.93. The van der Waals surface area contributed by atoms with E-state index in [0.717, 1.165) is 5.01 Å². The second-order valence-corrected chi connectivity index (χ2v) is 4.91. The molecular weight excluding hydrogens is 280 g/mol. The lowest BCUT2D eigenvalue weighted by atomic mass is 10.3. The number of ketones is 1. The summed E-state index contributed by atoms with van der Waals surface area (Å²) in [6.45, 7) is 1.86. The van der Waals surface area contributed by atoms with Crippen molar-refractivity contribution in [2.24, 2.45) is 7.05 Å². The molecule has 0 radical (unpaired) electrons. The predicted octanol–water partition coefficient (Wildman–Crippen LogP) is 1.57. The van der Waals surface area contributed by atoms with Crippen LogP contribution in [0.1, 0.15) is 20.4 Å². The number of aryl methyl sites for hydroxylation is 2. The van der Waals surface area contributed by atoms with Gasteiger partial charge in [0.25, 0.3) is 0 Å². The predicted molar refractivity (Wildman–Crippen MR) is 59.0 cm³/mol. The van der Waals surface area contributed by atoms with Gasteiger partial charge >= 0.3 is 0 Å². The highest BCUT2D eigenvalue weighted by Gasteiger charge is 2.20. The first-order valence-electron chi connectivity index (χ1n) is 4.12. The SMILES string of the molecule is Cc1ncc(C(=O)c2c(Br)nnn2C)s1. The first kappa shape index (κ1) is 10.4. The third-order valence-electron chi connectivity index (χ3n) is 1.85. The molecule has 0 saturated heterocycles. The van der Waals surface area contributed by atoms with Crippen LogP contribution in [-0.4, -0.2) is 25.8 Å². The summed E-state index contributed by atoms with van der Waals surface area (Å²) in [4.78, 5) is 16.6. The van der Waals surface area contributed by atoms with Gasteiger partial charge in [0.1, 0.15) is 5.69 Å². The van der Waals surface area contributed by atoms with Gasteiger partial charge in [0.2, 0.25) is 5.78 Å². The highest BCUT2D eigenvalue weighted by atomic mass is 79.9. The largest absolute Gasteiger partial charge is 0.286 e. The minimum Gasteiger partial charge on any atom is -0.286 e. The van der Waals surface area contributed by atoms with Crippen molar-refractivity contribution in [3.8, 4) is 0 Å². The normalized spacial score (nSPS) is 10.6. The number of nitrogens with zero attached hydrogens (tertiary/aromatic N) is 4. The standard InChI is InChI=1S/C8H7BrN4OS/c1-4-10-3-5(15-4)7(14)6-8(9)11-12-13(6)2/h3H,1-2H3. The lowest BCUT2D eigenvalue weighted by Gasteiger charge is -1.96. The molecule has 15 heavy (non-hydrogen) atoms. The van der Waals surface area contributed by atoms with E-state index in [2.05, 4.69) is 31.2 Å². The maximum absolute atomic E-state index is 12.0. The molecule has 0 spiro atoms. The zero-order valence-electron chi connectivity index (χ0n) is 8.06. The van der Waals surface area contributed by atoms with E-state index in [0.29, 0.717) is 15.2 Å². The van der Waals surface area contributed by atoms with Crippen molar-refractivity contribution in [3.05, 3.63) is 26.4 Å². The number of aromatic nitrogens is 4. The average Bonchev–Trinajstić information content (AvgIpc) is 2.73.